The van der Waals surface area contributed by atoms with Gasteiger partial charge in [0.2, 0.25) is 5.89 Å². The van der Waals surface area contributed by atoms with E-state index in [2.05, 4.69) is 15.2 Å². The number of Topliss-reactive ketones (excluding diaryl/α,β-unsaturated/α-hetero) is 1. The molecule has 0 saturated heterocycles. The first-order valence-corrected chi connectivity index (χ1v) is 7.07. The van der Waals surface area contributed by atoms with Crippen molar-refractivity contribution in [3.63, 3.8) is 0 Å². The van der Waals surface area contributed by atoms with Gasteiger partial charge in [-0.3, -0.25) is 14.6 Å². The molecule has 2 aromatic heterocycles. The molecule has 0 unspecified atom stereocenters. The minimum Gasteiger partial charge on any atom is -0.465 e. The molecule has 0 aliphatic heterocycles. The van der Waals surface area contributed by atoms with Crippen molar-refractivity contribution < 1.29 is 18.7 Å². The molecular weight excluding hydrogens is 294 g/mol. The summed E-state index contributed by atoms with van der Waals surface area (Å²) >= 11 is 0.880. The van der Waals surface area contributed by atoms with Crippen LogP contribution in [-0.4, -0.2) is 38.8 Å². The standard InChI is InChI=1S/C13H13N3O4S/c1-3-19-12(18)10(8(2)17)21-13-16-15-11(20-13)9-4-6-14-7-5-9/h4-7,10H,3H2,1-2H3/t10-/m1/s1. The summed E-state index contributed by atoms with van der Waals surface area (Å²) in [5.41, 5.74) is 0.708. The summed E-state index contributed by atoms with van der Waals surface area (Å²) in [4.78, 5) is 27.1. The second-order valence-corrected chi connectivity index (χ2v) is 5.03. The molecule has 0 bridgehead atoms. The molecule has 8 heteroatoms. The molecule has 0 aromatic carbocycles. The van der Waals surface area contributed by atoms with E-state index in [-0.39, 0.29) is 17.6 Å². The Morgan fingerprint density at radius 2 is 2.05 bits per heavy atom. The van der Waals surface area contributed by atoms with E-state index in [0.717, 1.165) is 11.8 Å². The van der Waals surface area contributed by atoms with Crippen LogP contribution < -0.4 is 0 Å². The summed E-state index contributed by atoms with van der Waals surface area (Å²) in [6.45, 7) is 3.19. The number of carbonyl (C=O) groups excluding carboxylic acids is 2. The molecule has 21 heavy (non-hydrogen) atoms. The van der Waals surface area contributed by atoms with Crippen LogP contribution in [0.4, 0.5) is 0 Å². The Hall–Kier alpha value is -2.22. The largest absolute Gasteiger partial charge is 0.465 e. The van der Waals surface area contributed by atoms with Crippen molar-refractivity contribution in [2.75, 3.05) is 6.61 Å². The zero-order valence-corrected chi connectivity index (χ0v) is 12.3. The number of nitrogens with zero attached hydrogens (tertiary/aromatic N) is 3. The first kappa shape index (κ1) is 15.2. The first-order chi connectivity index (χ1) is 10.1. The smallest absolute Gasteiger partial charge is 0.327 e. The zero-order valence-electron chi connectivity index (χ0n) is 11.5. The Labute approximate surface area is 125 Å². The van der Waals surface area contributed by atoms with Gasteiger partial charge in [-0.2, -0.15) is 0 Å². The molecule has 2 rings (SSSR count). The minimum atomic E-state index is -1.00. The fraction of sp³-hybridized carbons (Fsp3) is 0.308. The monoisotopic (exact) mass is 307 g/mol. The number of hydrogen-bond acceptors (Lipinski definition) is 8. The highest BCUT2D eigenvalue weighted by Crippen LogP contribution is 2.27. The van der Waals surface area contributed by atoms with Crippen molar-refractivity contribution in [3.05, 3.63) is 24.5 Å². The molecule has 0 aliphatic rings. The molecule has 0 fully saturated rings. The quantitative estimate of drug-likeness (QED) is 0.452. The number of carbonyl (C=O) groups is 2. The van der Waals surface area contributed by atoms with Crippen molar-refractivity contribution in [1.29, 1.82) is 0 Å². The summed E-state index contributed by atoms with van der Waals surface area (Å²) in [6, 6.07) is 3.44. The third kappa shape index (κ3) is 3.88. The number of pyridine rings is 1. The Balaban J connectivity index is 2.14. The van der Waals surface area contributed by atoms with Crippen molar-refractivity contribution in [3.8, 4) is 11.5 Å². The molecule has 1 atom stereocenters. The summed E-state index contributed by atoms with van der Waals surface area (Å²) in [5.74, 6) is -0.646. The number of hydrogen-bond donors (Lipinski definition) is 0. The highest BCUT2D eigenvalue weighted by Gasteiger charge is 2.28. The van der Waals surface area contributed by atoms with Crippen LogP contribution in [0.1, 0.15) is 13.8 Å². The van der Waals surface area contributed by atoms with Gasteiger partial charge < -0.3 is 9.15 Å². The summed E-state index contributed by atoms with van der Waals surface area (Å²) in [6.07, 6.45) is 3.20. The van der Waals surface area contributed by atoms with Crippen molar-refractivity contribution in [2.24, 2.45) is 0 Å². The van der Waals surface area contributed by atoms with Gasteiger partial charge in [-0.1, -0.05) is 0 Å². The van der Waals surface area contributed by atoms with E-state index in [0.29, 0.717) is 11.5 Å². The highest BCUT2D eigenvalue weighted by atomic mass is 32.2. The van der Waals surface area contributed by atoms with E-state index >= 15 is 0 Å². The Kier molecular flexibility index (Phi) is 5.04. The number of esters is 1. The Bertz CT molecular complexity index is 629. The maximum atomic E-state index is 11.7. The van der Waals surface area contributed by atoms with Crippen molar-refractivity contribution in [1.82, 2.24) is 15.2 Å². The summed E-state index contributed by atoms with van der Waals surface area (Å²) < 4.78 is 10.3. The van der Waals surface area contributed by atoms with E-state index in [9.17, 15) is 9.59 Å². The molecule has 2 heterocycles. The second kappa shape index (κ2) is 6.98. The van der Waals surface area contributed by atoms with Gasteiger partial charge in [0.25, 0.3) is 5.22 Å². The highest BCUT2D eigenvalue weighted by molar-refractivity contribution is 8.01. The van der Waals surface area contributed by atoms with Gasteiger partial charge in [0.15, 0.2) is 11.0 Å². The number of aromatic nitrogens is 3. The Morgan fingerprint density at radius 1 is 1.33 bits per heavy atom. The van der Waals surface area contributed by atoms with Gasteiger partial charge in [-0.05, 0) is 37.7 Å². The zero-order chi connectivity index (χ0) is 15.2. The minimum absolute atomic E-state index is 0.134. The van der Waals surface area contributed by atoms with Crippen LogP contribution in [-0.2, 0) is 14.3 Å². The lowest BCUT2D eigenvalue weighted by atomic mass is 10.3. The summed E-state index contributed by atoms with van der Waals surface area (Å²) in [7, 11) is 0. The maximum Gasteiger partial charge on any atom is 0.327 e. The predicted octanol–water partition coefficient (Wildman–Crippen LogP) is 1.74. The van der Waals surface area contributed by atoms with Gasteiger partial charge >= 0.3 is 5.97 Å². The normalized spacial score (nSPS) is 11.9. The van der Waals surface area contributed by atoms with Crippen molar-refractivity contribution >= 4 is 23.5 Å². The molecule has 0 amide bonds. The summed E-state index contributed by atoms with van der Waals surface area (Å²) in [5, 5.41) is 6.83. The lowest BCUT2D eigenvalue weighted by Crippen LogP contribution is -2.27. The van der Waals surface area contributed by atoms with E-state index in [1.807, 2.05) is 0 Å². The molecular formula is C13H13N3O4S. The molecule has 2 aromatic rings. The van der Waals surface area contributed by atoms with E-state index in [1.165, 1.54) is 6.92 Å². The predicted molar refractivity (Wildman–Crippen MR) is 74.5 cm³/mol. The number of ether oxygens (including phenoxy) is 1. The topological polar surface area (TPSA) is 95.2 Å². The van der Waals surface area contributed by atoms with Crippen LogP contribution in [0.5, 0.6) is 0 Å². The maximum absolute atomic E-state index is 11.7. The molecule has 0 radical (unpaired) electrons. The fourth-order valence-electron chi connectivity index (χ4n) is 1.48. The van der Waals surface area contributed by atoms with E-state index in [4.69, 9.17) is 9.15 Å². The van der Waals surface area contributed by atoms with Crippen LogP contribution in [0.3, 0.4) is 0 Å². The lowest BCUT2D eigenvalue weighted by molar-refractivity contribution is -0.144. The molecule has 110 valence electrons. The average molecular weight is 307 g/mol. The van der Waals surface area contributed by atoms with Gasteiger partial charge in [-0.15, -0.1) is 10.2 Å². The van der Waals surface area contributed by atoms with Gasteiger partial charge in [0.05, 0.1) is 6.61 Å². The molecule has 0 N–H and O–H groups in total. The van der Waals surface area contributed by atoms with Gasteiger partial charge in [0.1, 0.15) is 0 Å². The third-order valence-corrected chi connectivity index (χ3v) is 3.55. The second-order valence-electron chi connectivity index (χ2n) is 3.97. The van der Waals surface area contributed by atoms with Crippen molar-refractivity contribution in [2.45, 2.75) is 24.3 Å². The molecule has 0 aliphatic carbocycles. The Morgan fingerprint density at radius 3 is 2.67 bits per heavy atom. The fourth-order valence-corrected chi connectivity index (χ4v) is 2.23. The SMILES string of the molecule is CCOC(=O)[C@H](Sc1nnc(-c2ccncc2)o1)C(C)=O. The van der Waals surface area contributed by atoms with E-state index in [1.54, 1.807) is 31.5 Å². The molecule has 0 spiro atoms. The first-order valence-electron chi connectivity index (χ1n) is 6.19. The van der Waals surface area contributed by atoms with Crippen LogP contribution in [0.15, 0.2) is 34.2 Å². The van der Waals surface area contributed by atoms with Crippen LogP contribution in [0, 0.1) is 0 Å². The number of ketones is 1. The van der Waals surface area contributed by atoms with Crippen LogP contribution in [0.2, 0.25) is 0 Å². The van der Waals surface area contributed by atoms with Crippen LogP contribution >= 0.6 is 11.8 Å². The van der Waals surface area contributed by atoms with E-state index < -0.39 is 11.2 Å². The van der Waals surface area contributed by atoms with Gasteiger partial charge in [-0.25, -0.2) is 0 Å². The third-order valence-electron chi connectivity index (χ3n) is 2.42. The average Bonchev–Trinajstić information content (AvgIpc) is 2.94. The lowest BCUT2D eigenvalue weighted by Gasteiger charge is -2.09. The molecule has 7 nitrogen and oxygen atoms in total. The molecule has 0 saturated carbocycles. The number of rotatable bonds is 6. The van der Waals surface area contributed by atoms with Gasteiger partial charge in [0, 0.05) is 18.0 Å². The van der Waals surface area contributed by atoms with Crippen LogP contribution in [0.25, 0.3) is 11.5 Å². The number of thioether (sulfide) groups is 1.